The quantitative estimate of drug-likeness (QED) is 0.528. The number of aryl methyl sites for hydroxylation is 1. The number of halogens is 1. The Labute approximate surface area is 189 Å². The maximum Gasteiger partial charge on any atom is 0.264 e. The molecule has 8 heteroatoms. The number of hydrogen-bond donors (Lipinski definition) is 1. The van der Waals surface area contributed by atoms with E-state index in [1.807, 2.05) is 24.3 Å². The summed E-state index contributed by atoms with van der Waals surface area (Å²) >= 11 is 6.21. The van der Waals surface area contributed by atoms with Crippen molar-refractivity contribution in [2.75, 3.05) is 30.6 Å². The molecule has 31 heavy (non-hydrogen) atoms. The fourth-order valence-corrected chi connectivity index (χ4v) is 5.31. The Balaban J connectivity index is 1.71. The number of fused-ring (bicyclic) bond motifs is 1. The van der Waals surface area contributed by atoms with Crippen LogP contribution in [0.15, 0.2) is 47.4 Å². The van der Waals surface area contributed by atoms with Crippen LogP contribution in [0.1, 0.15) is 48.5 Å². The van der Waals surface area contributed by atoms with E-state index in [9.17, 15) is 13.2 Å². The number of anilines is 1. The van der Waals surface area contributed by atoms with Gasteiger partial charge < -0.3 is 10.1 Å². The number of hydrogen-bond acceptors (Lipinski definition) is 4. The van der Waals surface area contributed by atoms with Crippen LogP contribution in [0.5, 0.6) is 0 Å². The Bertz CT molecular complexity index is 1010. The first-order chi connectivity index (χ1) is 14.9. The van der Waals surface area contributed by atoms with Crippen molar-refractivity contribution in [2.45, 2.75) is 43.9 Å². The fraction of sp³-hybridized carbons (Fsp3) is 0.435. The van der Waals surface area contributed by atoms with E-state index >= 15 is 0 Å². The predicted molar refractivity (Wildman–Crippen MR) is 123 cm³/mol. The molecular formula is C23H29ClN2O4S. The van der Waals surface area contributed by atoms with E-state index in [4.69, 9.17) is 16.3 Å². The summed E-state index contributed by atoms with van der Waals surface area (Å²) in [5, 5.41) is 3.01. The van der Waals surface area contributed by atoms with Crippen LogP contribution in [0.3, 0.4) is 0 Å². The highest BCUT2D eigenvalue weighted by atomic mass is 35.5. The van der Waals surface area contributed by atoms with Gasteiger partial charge in [0.15, 0.2) is 0 Å². The van der Waals surface area contributed by atoms with Gasteiger partial charge in [-0.2, -0.15) is 0 Å². The number of sulfonamides is 1. The summed E-state index contributed by atoms with van der Waals surface area (Å²) in [6, 6.07) is 11.8. The number of unbranched alkanes of at least 4 members (excludes halogenated alkanes) is 1. The lowest BCUT2D eigenvalue weighted by molar-refractivity contribution is 0.0940. The van der Waals surface area contributed by atoms with Crippen molar-refractivity contribution in [3.63, 3.8) is 0 Å². The predicted octanol–water partition coefficient (Wildman–Crippen LogP) is 4.42. The first-order valence-corrected chi connectivity index (χ1v) is 12.5. The lowest BCUT2D eigenvalue weighted by atomic mass is 10.0. The molecule has 0 spiro atoms. The number of amides is 1. The van der Waals surface area contributed by atoms with Crippen molar-refractivity contribution in [2.24, 2.45) is 0 Å². The Morgan fingerprint density at radius 2 is 1.94 bits per heavy atom. The maximum absolute atomic E-state index is 13.4. The van der Waals surface area contributed by atoms with Crippen LogP contribution >= 0.6 is 11.6 Å². The van der Waals surface area contributed by atoms with Gasteiger partial charge in [-0.25, -0.2) is 8.42 Å². The van der Waals surface area contributed by atoms with Crippen molar-refractivity contribution in [3.05, 3.63) is 58.6 Å². The average Bonchev–Trinajstić information content (AvgIpc) is 2.78. The standard InChI is InChI=1S/C23H29ClN2O4S/c1-2-3-15-30-16-7-13-25-23(27)20-17-19(11-12-21(20)24)31(28,29)26-14-6-9-18-8-4-5-10-22(18)26/h4-5,8,10-12,17H,2-3,6-7,9,13-16H2,1H3,(H,25,27). The number of benzene rings is 2. The number of carbonyl (C=O) groups is 1. The molecular weight excluding hydrogens is 436 g/mol. The van der Waals surface area contributed by atoms with Gasteiger partial charge in [0, 0.05) is 26.3 Å². The van der Waals surface area contributed by atoms with Crippen molar-refractivity contribution >= 4 is 33.2 Å². The summed E-state index contributed by atoms with van der Waals surface area (Å²) in [5.74, 6) is -0.394. The minimum atomic E-state index is -3.81. The Kier molecular flexibility index (Phi) is 8.35. The lowest BCUT2D eigenvalue weighted by Crippen LogP contribution is -2.35. The van der Waals surface area contributed by atoms with Crippen molar-refractivity contribution in [3.8, 4) is 0 Å². The smallest absolute Gasteiger partial charge is 0.264 e. The molecule has 6 nitrogen and oxygen atoms in total. The zero-order valence-electron chi connectivity index (χ0n) is 17.8. The fourth-order valence-electron chi connectivity index (χ4n) is 3.53. The highest BCUT2D eigenvalue weighted by molar-refractivity contribution is 7.92. The second-order valence-corrected chi connectivity index (χ2v) is 9.80. The monoisotopic (exact) mass is 464 g/mol. The Morgan fingerprint density at radius 1 is 1.16 bits per heavy atom. The van der Waals surface area contributed by atoms with Crippen LogP contribution in [0.4, 0.5) is 5.69 Å². The molecule has 0 fully saturated rings. The summed E-state index contributed by atoms with van der Waals surface area (Å²) in [4.78, 5) is 12.7. The number of ether oxygens (including phenoxy) is 1. The van der Waals surface area contributed by atoms with Gasteiger partial charge in [0.1, 0.15) is 0 Å². The molecule has 1 aliphatic rings. The van der Waals surface area contributed by atoms with Crippen molar-refractivity contribution < 1.29 is 17.9 Å². The summed E-state index contributed by atoms with van der Waals surface area (Å²) < 4.78 is 33.6. The second kappa shape index (κ2) is 11.0. The van der Waals surface area contributed by atoms with Crippen LogP contribution in [-0.4, -0.2) is 40.6 Å². The van der Waals surface area contributed by atoms with Gasteiger partial charge in [0.25, 0.3) is 15.9 Å². The third-order valence-corrected chi connectivity index (χ3v) is 7.37. The van der Waals surface area contributed by atoms with Gasteiger partial charge in [-0.05, 0) is 55.5 Å². The van der Waals surface area contributed by atoms with Gasteiger partial charge in [-0.15, -0.1) is 0 Å². The first-order valence-electron chi connectivity index (χ1n) is 10.7. The SMILES string of the molecule is CCCCOCCCNC(=O)c1cc(S(=O)(=O)N2CCCc3ccccc32)ccc1Cl. The molecule has 168 valence electrons. The Morgan fingerprint density at radius 3 is 2.74 bits per heavy atom. The van der Waals surface area contributed by atoms with E-state index < -0.39 is 15.9 Å². The number of nitrogens with one attached hydrogen (secondary N) is 1. The normalized spacial score (nSPS) is 13.7. The van der Waals surface area contributed by atoms with Crippen LogP contribution in [0, 0.1) is 0 Å². The van der Waals surface area contributed by atoms with Gasteiger partial charge >= 0.3 is 0 Å². The molecule has 2 aromatic carbocycles. The number of para-hydroxylation sites is 1. The molecule has 1 amide bonds. The molecule has 0 aliphatic carbocycles. The zero-order valence-corrected chi connectivity index (χ0v) is 19.3. The summed E-state index contributed by atoms with van der Waals surface area (Å²) in [6.07, 6.45) is 4.37. The first kappa shape index (κ1) is 23.6. The molecule has 1 heterocycles. The molecule has 0 saturated heterocycles. The minimum Gasteiger partial charge on any atom is -0.381 e. The molecule has 0 aromatic heterocycles. The highest BCUT2D eigenvalue weighted by Crippen LogP contribution is 2.32. The third kappa shape index (κ3) is 5.79. The summed E-state index contributed by atoms with van der Waals surface area (Å²) in [6.45, 7) is 4.22. The number of rotatable bonds is 10. The lowest BCUT2D eigenvalue weighted by Gasteiger charge is -2.30. The molecule has 0 atom stereocenters. The Hall–Kier alpha value is -2.09. The molecule has 2 aromatic rings. The van der Waals surface area contributed by atoms with E-state index in [0.717, 1.165) is 37.9 Å². The van der Waals surface area contributed by atoms with Gasteiger partial charge in [-0.3, -0.25) is 9.10 Å². The second-order valence-electron chi connectivity index (χ2n) is 7.53. The molecule has 0 radical (unpaired) electrons. The van der Waals surface area contributed by atoms with E-state index in [2.05, 4.69) is 12.2 Å². The van der Waals surface area contributed by atoms with Crippen molar-refractivity contribution in [1.29, 1.82) is 0 Å². The average molecular weight is 465 g/mol. The largest absolute Gasteiger partial charge is 0.381 e. The molecule has 0 saturated carbocycles. The van der Waals surface area contributed by atoms with Gasteiger partial charge in [0.05, 0.1) is 21.2 Å². The molecule has 3 rings (SSSR count). The van der Waals surface area contributed by atoms with Crippen molar-refractivity contribution in [1.82, 2.24) is 5.32 Å². The number of carbonyl (C=O) groups excluding carboxylic acids is 1. The summed E-state index contributed by atoms with van der Waals surface area (Å²) in [7, 11) is -3.81. The van der Waals surface area contributed by atoms with E-state index in [1.54, 1.807) is 0 Å². The summed E-state index contributed by atoms with van der Waals surface area (Å²) in [5.41, 5.74) is 1.85. The zero-order chi connectivity index (χ0) is 22.3. The van der Waals surface area contributed by atoms with Crippen LogP contribution in [-0.2, 0) is 21.2 Å². The van der Waals surface area contributed by atoms with E-state index in [-0.39, 0.29) is 15.5 Å². The molecule has 0 bridgehead atoms. The number of nitrogens with zero attached hydrogens (tertiary/aromatic N) is 1. The van der Waals surface area contributed by atoms with Gasteiger partial charge in [0.2, 0.25) is 0 Å². The topological polar surface area (TPSA) is 75.7 Å². The van der Waals surface area contributed by atoms with Crippen LogP contribution in [0.25, 0.3) is 0 Å². The van der Waals surface area contributed by atoms with Crippen LogP contribution in [0.2, 0.25) is 5.02 Å². The van der Waals surface area contributed by atoms with E-state index in [1.165, 1.54) is 22.5 Å². The molecule has 0 unspecified atom stereocenters. The molecule has 1 N–H and O–H groups in total. The minimum absolute atomic E-state index is 0.0571. The third-order valence-electron chi connectivity index (χ3n) is 5.23. The van der Waals surface area contributed by atoms with Crippen LogP contribution < -0.4 is 9.62 Å². The molecule has 1 aliphatic heterocycles. The van der Waals surface area contributed by atoms with E-state index in [0.29, 0.717) is 31.8 Å². The van der Waals surface area contributed by atoms with Gasteiger partial charge in [-0.1, -0.05) is 43.1 Å². The maximum atomic E-state index is 13.4. The highest BCUT2D eigenvalue weighted by Gasteiger charge is 2.29.